The number of carbonyl (C=O) groups excluding carboxylic acids is 1. The van der Waals surface area contributed by atoms with E-state index in [9.17, 15) is 10.1 Å². The number of halogens is 1. The fourth-order valence-electron chi connectivity index (χ4n) is 3.36. The third-order valence-corrected chi connectivity index (χ3v) is 6.03. The van der Waals surface area contributed by atoms with Gasteiger partial charge in [-0.2, -0.15) is 5.26 Å². The SMILES string of the molecule is COc1cc(N=CN(C)C)c(C#N)c(F)c1C1CC[Si]CN(C(=O)OC(C)(C)C)CC1. The maximum absolute atomic E-state index is 15.5. The van der Waals surface area contributed by atoms with Crippen molar-refractivity contribution in [3.05, 3.63) is 23.0 Å². The van der Waals surface area contributed by atoms with Crippen molar-refractivity contribution in [1.29, 1.82) is 5.26 Å². The van der Waals surface area contributed by atoms with Crippen molar-refractivity contribution < 1.29 is 18.7 Å². The second kappa shape index (κ2) is 10.6. The van der Waals surface area contributed by atoms with Gasteiger partial charge in [-0.15, -0.1) is 0 Å². The van der Waals surface area contributed by atoms with Crippen LogP contribution in [0.15, 0.2) is 11.1 Å². The minimum absolute atomic E-state index is 0.0950. The van der Waals surface area contributed by atoms with Gasteiger partial charge >= 0.3 is 6.09 Å². The van der Waals surface area contributed by atoms with Crippen LogP contribution in [0.3, 0.4) is 0 Å². The molecule has 0 saturated carbocycles. The molecule has 1 fully saturated rings. The second-order valence-electron chi connectivity index (χ2n) is 8.70. The largest absolute Gasteiger partial charge is 0.496 e. The molecule has 31 heavy (non-hydrogen) atoms. The molecule has 1 aliphatic rings. The Balaban J connectivity index is 2.36. The first-order valence-corrected chi connectivity index (χ1v) is 11.7. The highest BCUT2D eigenvalue weighted by Crippen LogP contribution is 2.40. The molecular formula is C22H31FN4O3Si. The van der Waals surface area contributed by atoms with Crippen LogP contribution in [0.25, 0.3) is 0 Å². The number of amides is 1. The molecule has 1 aromatic carbocycles. The van der Waals surface area contributed by atoms with E-state index in [1.54, 1.807) is 30.0 Å². The molecule has 1 atom stereocenters. The zero-order valence-electron chi connectivity index (χ0n) is 19.2. The Labute approximate surface area is 186 Å². The van der Waals surface area contributed by atoms with Gasteiger partial charge in [-0.1, -0.05) is 6.04 Å². The first-order chi connectivity index (χ1) is 14.6. The van der Waals surface area contributed by atoms with Crippen molar-refractivity contribution >= 4 is 27.6 Å². The van der Waals surface area contributed by atoms with Gasteiger partial charge in [-0.25, -0.2) is 14.2 Å². The molecule has 0 aliphatic carbocycles. The molecule has 7 nitrogen and oxygen atoms in total. The Hall–Kier alpha value is -2.60. The smallest absolute Gasteiger partial charge is 0.409 e. The Bertz CT molecular complexity index is 862. The van der Waals surface area contributed by atoms with Gasteiger partial charge in [-0.3, -0.25) is 0 Å². The van der Waals surface area contributed by atoms with E-state index in [1.807, 2.05) is 26.8 Å². The zero-order chi connectivity index (χ0) is 23.2. The summed E-state index contributed by atoms with van der Waals surface area (Å²) >= 11 is 0. The summed E-state index contributed by atoms with van der Waals surface area (Å²) in [6.07, 6.45) is 3.13. The molecule has 1 saturated heterocycles. The second-order valence-corrected chi connectivity index (χ2v) is 10.0. The van der Waals surface area contributed by atoms with Crippen molar-refractivity contribution in [2.24, 2.45) is 4.99 Å². The zero-order valence-corrected chi connectivity index (χ0v) is 20.2. The first kappa shape index (κ1) is 24.7. The van der Waals surface area contributed by atoms with Crippen LogP contribution >= 0.6 is 0 Å². The van der Waals surface area contributed by atoms with Crippen LogP contribution in [0.1, 0.15) is 50.7 Å². The van der Waals surface area contributed by atoms with Gasteiger partial charge in [0.2, 0.25) is 0 Å². The topological polar surface area (TPSA) is 78.2 Å². The van der Waals surface area contributed by atoms with Crippen molar-refractivity contribution in [3.63, 3.8) is 0 Å². The average molecular weight is 447 g/mol. The van der Waals surface area contributed by atoms with Crippen LogP contribution in [0.5, 0.6) is 5.75 Å². The summed E-state index contributed by atoms with van der Waals surface area (Å²) in [6.45, 7) is 5.97. The molecule has 9 heteroatoms. The van der Waals surface area contributed by atoms with E-state index in [4.69, 9.17) is 9.47 Å². The Kier molecular flexibility index (Phi) is 8.45. The van der Waals surface area contributed by atoms with E-state index in [0.29, 0.717) is 40.0 Å². The molecule has 2 rings (SSSR count). The fourth-order valence-corrected chi connectivity index (χ4v) is 4.63. The molecule has 0 bridgehead atoms. The molecule has 1 amide bonds. The van der Waals surface area contributed by atoms with Crippen molar-refractivity contribution in [2.45, 2.75) is 51.2 Å². The maximum atomic E-state index is 15.5. The number of benzene rings is 1. The molecule has 0 spiro atoms. The quantitative estimate of drug-likeness (QED) is 0.395. The monoisotopic (exact) mass is 446 g/mol. The van der Waals surface area contributed by atoms with E-state index < -0.39 is 11.4 Å². The Morgan fingerprint density at radius 3 is 2.71 bits per heavy atom. The number of nitriles is 1. The summed E-state index contributed by atoms with van der Waals surface area (Å²) in [6, 6.07) is 4.42. The molecular weight excluding hydrogens is 415 g/mol. The van der Waals surface area contributed by atoms with Gasteiger partial charge < -0.3 is 19.3 Å². The molecule has 0 aromatic heterocycles. The highest BCUT2D eigenvalue weighted by Gasteiger charge is 2.29. The first-order valence-electron chi connectivity index (χ1n) is 10.3. The number of hydrogen-bond donors (Lipinski definition) is 0. The standard InChI is InChI=1S/C22H31FN4O3Si/c1-22(2,3)30-21(28)27-9-7-15(8-10-31-14-27)19-18(29-6)11-17(25-13-26(4)5)16(12-24)20(19)23/h11,13,15H,7-10,14H2,1-6H3. The lowest BCUT2D eigenvalue weighted by Gasteiger charge is -2.31. The van der Waals surface area contributed by atoms with Gasteiger partial charge in [0.05, 0.1) is 28.7 Å². The highest BCUT2D eigenvalue weighted by atomic mass is 28.2. The molecule has 1 aliphatic heterocycles. The van der Waals surface area contributed by atoms with Crippen LogP contribution in [-0.2, 0) is 4.74 Å². The predicted molar refractivity (Wildman–Crippen MR) is 120 cm³/mol. The summed E-state index contributed by atoms with van der Waals surface area (Å²) in [7, 11) is 5.61. The minimum atomic E-state index is -0.592. The van der Waals surface area contributed by atoms with E-state index in [-0.39, 0.29) is 23.3 Å². The number of methoxy groups -OCH3 is 1. The number of hydrogen-bond acceptors (Lipinski definition) is 5. The van der Waals surface area contributed by atoms with Gasteiger partial charge in [0, 0.05) is 38.4 Å². The predicted octanol–water partition coefficient (Wildman–Crippen LogP) is 4.12. The molecule has 1 unspecified atom stereocenters. The number of ether oxygens (including phenoxy) is 2. The Morgan fingerprint density at radius 1 is 1.42 bits per heavy atom. The number of nitrogens with zero attached hydrogens (tertiary/aromatic N) is 4. The number of carbonyl (C=O) groups is 1. The van der Waals surface area contributed by atoms with E-state index >= 15 is 4.39 Å². The lowest BCUT2D eigenvalue weighted by Crippen LogP contribution is -2.41. The molecule has 2 radical (unpaired) electrons. The minimum Gasteiger partial charge on any atom is -0.496 e. The summed E-state index contributed by atoms with van der Waals surface area (Å²) in [5, 5.41) is 9.59. The van der Waals surface area contributed by atoms with Crippen LogP contribution in [0, 0.1) is 17.1 Å². The van der Waals surface area contributed by atoms with Gasteiger partial charge in [0.15, 0.2) is 0 Å². The van der Waals surface area contributed by atoms with E-state index in [1.165, 1.54) is 13.4 Å². The molecule has 168 valence electrons. The van der Waals surface area contributed by atoms with Crippen molar-refractivity contribution in [3.8, 4) is 11.8 Å². The van der Waals surface area contributed by atoms with Crippen molar-refractivity contribution in [2.75, 3.05) is 33.9 Å². The number of rotatable bonds is 4. The molecule has 1 aromatic rings. The third-order valence-electron chi connectivity index (χ3n) is 4.78. The lowest BCUT2D eigenvalue weighted by atomic mass is 9.89. The van der Waals surface area contributed by atoms with Gasteiger partial charge in [-0.05, 0) is 39.5 Å². The van der Waals surface area contributed by atoms with E-state index in [2.05, 4.69) is 4.99 Å². The summed E-state index contributed by atoms with van der Waals surface area (Å²) in [5.41, 5.74) is -0.0412. The molecule has 0 N–H and O–H groups in total. The van der Waals surface area contributed by atoms with Crippen LogP contribution in [0.2, 0.25) is 6.04 Å². The van der Waals surface area contributed by atoms with Crippen LogP contribution in [0.4, 0.5) is 14.9 Å². The third kappa shape index (κ3) is 6.69. The molecule has 1 heterocycles. The van der Waals surface area contributed by atoms with Crippen molar-refractivity contribution in [1.82, 2.24) is 9.80 Å². The summed E-state index contributed by atoms with van der Waals surface area (Å²) in [5.74, 6) is -0.391. The highest BCUT2D eigenvalue weighted by molar-refractivity contribution is 6.36. The maximum Gasteiger partial charge on any atom is 0.409 e. The van der Waals surface area contributed by atoms with Crippen LogP contribution < -0.4 is 4.74 Å². The average Bonchev–Trinajstić information content (AvgIpc) is 2.65. The van der Waals surface area contributed by atoms with Gasteiger partial charge in [0.1, 0.15) is 28.8 Å². The van der Waals surface area contributed by atoms with Crippen LogP contribution in [-0.4, -0.2) is 71.3 Å². The normalized spacial score (nSPS) is 17.6. The summed E-state index contributed by atoms with van der Waals surface area (Å²) in [4.78, 5) is 20.2. The van der Waals surface area contributed by atoms with E-state index in [0.717, 1.165) is 12.5 Å². The lowest BCUT2D eigenvalue weighted by molar-refractivity contribution is 0.0275. The Morgan fingerprint density at radius 2 is 2.13 bits per heavy atom. The summed E-state index contributed by atoms with van der Waals surface area (Å²) < 4.78 is 26.5. The van der Waals surface area contributed by atoms with Gasteiger partial charge in [0.25, 0.3) is 0 Å². The fraction of sp³-hybridized carbons (Fsp3) is 0.591. The number of aliphatic imine (C=N–C) groups is 1.